The highest BCUT2D eigenvalue weighted by atomic mass is 19.1. The highest BCUT2D eigenvalue weighted by Gasteiger charge is 2.47. The number of carbonyl (C=O) groups is 1. The zero-order valence-corrected chi connectivity index (χ0v) is 18.2. The van der Waals surface area contributed by atoms with Crippen molar-refractivity contribution in [2.75, 3.05) is 37.6 Å². The van der Waals surface area contributed by atoms with Crippen LogP contribution in [0.1, 0.15) is 65.2 Å². The second-order valence-electron chi connectivity index (χ2n) is 8.81. The monoisotopic (exact) mass is 404 g/mol. The number of carbonyl (C=O) groups excluding carboxylic acids is 1. The minimum absolute atomic E-state index is 0.0570. The van der Waals surface area contributed by atoms with Crippen LogP contribution in [0, 0.1) is 11.2 Å². The van der Waals surface area contributed by atoms with Gasteiger partial charge in [-0.3, -0.25) is 9.69 Å². The van der Waals surface area contributed by atoms with Crippen LogP contribution in [0.4, 0.5) is 10.1 Å². The molecule has 0 radical (unpaired) electrons. The first-order valence-corrected chi connectivity index (χ1v) is 11.5. The molecular weight excluding hydrogens is 367 g/mol. The zero-order chi connectivity index (χ0) is 20.7. The SMILES string of the molecule is CCCCCC1(CCC)CC(CCN2CCN(c3ccc(F)cc3)CC2)OC1=O. The van der Waals surface area contributed by atoms with Crippen molar-refractivity contribution >= 4 is 11.7 Å². The molecule has 4 nitrogen and oxygen atoms in total. The number of hydrogen-bond acceptors (Lipinski definition) is 4. The van der Waals surface area contributed by atoms with E-state index in [1.807, 2.05) is 12.1 Å². The van der Waals surface area contributed by atoms with E-state index in [0.717, 1.165) is 76.9 Å². The van der Waals surface area contributed by atoms with Crippen molar-refractivity contribution in [2.45, 2.75) is 71.3 Å². The summed E-state index contributed by atoms with van der Waals surface area (Å²) in [6.07, 6.45) is 8.41. The first kappa shape index (κ1) is 22.1. The largest absolute Gasteiger partial charge is 0.462 e. The Hall–Kier alpha value is -1.62. The van der Waals surface area contributed by atoms with E-state index in [9.17, 15) is 9.18 Å². The molecule has 0 N–H and O–H groups in total. The fourth-order valence-corrected chi connectivity index (χ4v) is 4.93. The topological polar surface area (TPSA) is 32.8 Å². The molecule has 2 fully saturated rings. The molecule has 29 heavy (non-hydrogen) atoms. The second kappa shape index (κ2) is 10.4. The van der Waals surface area contributed by atoms with E-state index < -0.39 is 0 Å². The van der Waals surface area contributed by atoms with Gasteiger partial charge in [0.15, 0.2) is 0 Å². The molecule has 5 heteroatoms. The molecule has 1 aromatic rings. The minimum atomic E-state index is -0.226. The van der Waals surface area contributed by atoms with Crippen molar-refractivity contribution in [3.8, 4) is 0 Å². The predicted molar refractivity (Wildman–Crippen MR) is 116 cm³/mol. The average molecular weight is 405 g/mol. The van der Waals surface area contributed by atoms with Gasteiger partial charge in [0, 0.05) is 44.8 Å². The van der Waals surface area contributed by atoms with Gasteiger partial charge in [-0.1, -0.05) is 39.5 Å². The number of anilines is 1. The van der Waals surface area contributed by atoms with Crippen LogP contribution in [0.25, 0.3) is 0 Å². The number of unbranched alkanes of at least 4 members (excludes halogenated alkanes) is 2. The molecular formula is C24H37FN2O2. The van der Waals surface area contributed by atoms with Crippen LogP contribution in [-0.2, 0) is 9.53 Å². The first-order valence-electron chi connectivity index (χ1n) is 11.5. The second-order valence-corrected chi connectivity index (χ2v) is 8.81. The number of hydrogen-bond donors (Lipinski definition) is 0. The first-order chi connectivity index (χ1) is 14.1. The molecule has 3 rings (SSSR count). The van der Waals surface area contributed by atoms with Gasteiger partial charge < -0.3 is 9.64 Å². The van der Waals surface area contributed by atoms with Gasteiger partial charge in [0.2, 0.25) is 0 Å². The number of cyclic esters (lactones) is 1. The summed E-state index contributed by atoms with van der Waals surface area (Å²) in [6, 6.07) is 6.77. The molecule has 2 unspecified atom stereocenters. The summed E-state index contributed by atoms with van der Waals surface area (Å²) in [6.45, 7) is 9.25. The predicted octanol–water partition coefficient (Wildman–Crippen LogP) is 5.02. The van der Waals surface area contributed by atoms with Gasteiger partial charge in [-0.25, -0.2) is 4.39 Å². The third-order valence-electron chi connectivity index (χ3n) is 6.64. The van der Waals surface area contributed by atoms with Crippen molar-refractivity contribution < 1.29 is 13.9 Å². The molecule has 0 aromatic heterocycles. The number of ether oxygens (including phenoxy) is 1. The lowest BCUT2D eigenvalue weighted by atomic mass is 9.76. The molecule has 2 atom stereocenters. The molecule has 2 heterocycles. The van der Waals surface area contributed by atoms with E-state index in [0.29, 0.717) is 0 Å². The minimum Gasteiger partial charge on any atom is -0.462 e. The molecule has 0 spiro atoms. The lowest BCUT2D eigenvalue weighted by Gasteiger charge is -2.36. The van der Waals surface area contributed by atoms with E-state index in [1.165, 1.54) is 25.0 Å². The Morgan fingerprint density at radius 2 is 1.76 bits per heavy atom. The van der Waals surface area contributed by atoms with Crippen LogP contribution < -0.4 is 4.90 Å². The number of halogens is 1. The van der Waals surface area contributed by atoms with Crippen molar-refractivity contribution in [2.24, 2.45) is 5.41 Å². The number of esters is 1. The Kier molecular flexibility index (Phi) is 7.93. The van der Waals surface area contributed by atoms with Gasteiger partial charge in [-0.15, -0.1) is 0 Å². The fourth-order valence-electron chi connectivity index (χ4n) is 4.93. The average Bonchev–Trinajstić information content (AvgIpc) is 3.03. The van der Waals surface area contributed by atoms with Gasteiger partial charge in [-0.05, 0) is 43.5 Å². The molecule has 1 aromatic carbocycles. The van der Waals surface area contributed by atoms with Crippen LogP contribution in [0.3, 0.4) is 0 Å². The van der Waals surface area contributed by atoms with E-state index >= 15 is 0 Å². The molecule has 0 amide bonds. The third kappa shape index (κ3) is 5.71. The normalized spacial score (nSPS) is 25.4. The van der Waals surface area contributed by atoms with E-state index in [4.69, 9.17) is 4.74 Å². The molecule has 2 saturated heterocycles. The molecule has 162 valence electrons. The van der Waals surface area contributed by atoms with Crippen LogP contribution in [0.2, 0.25) is 0 Å². The Morgan fingerprint density at radius 1 is 1.03 bits per heavy atom. The Bertz CT molecular complexity index is 643. The van der Waals surface area contributed by atoms with Crippen molar-refractivity contribution in [1.29, 1.82) is 0 Å². The van der Waals surface area contributed by atoms with Gasteiger partial charge in [0.25, 0.3) is 0 Å². The van der Waals surface area contributed by atoms with E-state index in [1.54, 1.807) is 0 Å². The standard InChI is InChI=1S/C24H37FN2O2/c1-3-5-6-13-24(12-4-2)19-22(29-23(24)28)11-14-26-15-17-27(18-16-26)21-9-7-20(25)8-10-21/h7-10,22H,3-6,11-19H2,1-2H3. The summed E-state index contributed by atoms with van der Waals surface area (Å²) in [4.78, 5) is 17.5. The maximum Gasteiger partial charge on any atom is 0.312 e. The van der Waals surface area contributed by atoms with Gasteiger partial charge in [0.05, 0.1) is 5.41 Å². The summed E-state index contributed by atoms with van der Waals surface area (Å²) in [5.74, 6) is -0.131. The Morgan fingerprint density at radius 3 is 2.41 bits per heavy atom. The van der Waals surface area contributed by atoms with Gasteiger partial charge >= 0.3 is 5.97 Å². The number of benzene rings is 1. The highest BCUT2D eigenvalue weighted by molar-refractivity contribution is 5.79. The molecule has 0 bridgehead atoms. The molecule has 0 saturated carbocycles. The summed E-state index contributed by atoms with van der Waals surface area (Å²) in [5.41, 5.74) is 0.864. The summed E-state index contributed by atoms with van der Waals surface area (Å²) in [7, 11) is 0. The quantitative estimate of drug-likeness (QED) is 0.405. The van der Waals surface area contributed by atoms with Gasteiger partial charge in [0.1, 0.15) is 11.9 Å². The van der Waals surface area contributed by atoms with E-state index in [-0.39, 0.29) is 23.3 Å². The summed E-state index contributed by atoms with van der Waals surface area (Å²) in [5, 5.41) is 0. The Balaban J connectivity index is 1.44. The maximum atomic E-state index is 13.1. The lowest BCUT2D eigenvalue weighted by Crippen LogP contribution is -2.47. The van der Waals surface area contributed by atoms with Crippen molar-refractivity contribution in [3.63, 3.8) is 0 Å². The Labute approximate surface area is 175 Å². The number of piperazine rings is 1. The summed E-state index contributed by atoms with van der Waals surface area (Å²) < 4.78 is 19.0. The summed E-state index contributed by atoms with van der Waals surface area (Å²) >= 11 is 0. The fraction of sp³-hybridized carbons (Fsp3) is 0.708. The van der Waals surface area contributed by atoms with Crippen molar-refractivity contribution in [3.05, 3.63) is 30.1 Å². The zero-order valence-electron chi connectivity index (χ0n) is 18.2. The maximum absolute atomic E-state index is 13.1. The third-order valence-corrected chi connectivity index (χ3v) is 6.64. The van der Waals surface area contributed by atoms with Crippen LogP contribution in [0.5, 0.6) is 0 Å². The molecule has 2 aliphatic heterocycles. The number of nitrogens with zero attached hydrogens (tertiary/aromatic N) is 2. The van der Waals surface area contributed by atoms with Crippen LogP contribution >= 0.6 is 0 Å². The lowest BCUT2D eigenvalue weighted by molar-refractivity contribution is -0.149. The highest BCUT2D eigenvalue weighted by Crippen LogP contribution is 2.43. The smallest absolute Gasteiger partial charge is 0.312 e. The molecule has 0 aliphatic carbocycles. The number of rotatable bonds is 10. The van der Waals surface area contributed by atoms with Crippen LogP contribution in [-0.4, -0.2) is 49.7 Å². The molecule has 2 aliphatic rings. The van der Waals surface area contributed by atoms with Crippen LogP contribution in [0.15, 0.2) is 24.3 Å². The van der Waals surface area contributed by atoms with Crippen molar-refractivity contribution in [1.82, 2.24) is 4.90 Å². The van der Waals surface area contributed by atoms with E-state index in [2.05, 4.69) is 23.6 Å². The van der Waals surface area contributed by atoms with Gasteiger partial charge in [-0.2, -0.15) is 0 Å².